The quantitative estimate of drug-likeness (QED) is 0.238. The SMILES string of the molecule is COc1cc(/C=C2\SC(=S)N(c3ccc(Cl)cc3)C2=O)ccc1OCC(=O)Nc1cccc(Cl)c1Cl. The van der Waals surface area contributed by atoms with Gasteiger partial charge in [-0.25, -0.2) is 0 Å². The van der Waals surface area contributed by atoms with Gasteiger partial charge in [0.1, 0.15) is 0 Å². The number of carbonyl (C=O) groups is 2. The Hall–Kier alpha value is -2.75. The molecule has 36 heavy (non-hydrogen) atoms. The summed E-state index contributed by atoms with van der Waals surface area (Å²) >= 11 is 24.6. The molecule has 6 nitrogen and oxygen atoms in total. The van der Waals surface area contributed by atoms with E-state index in [1.165, 1.54) is 23.8 Å². The normalized spacial score (nSPS) is 14.3. The van der Waals surface area contributed by atoms with Crippen LogP contribution in [0.15, 0.2) is 65.6 Å². The highest BCUT2D eigenvalue weighted by Crippen LogP contribution is 2.37. The maximum absolute atomic E-state index is 13.0. The summed E-state index contributed by atoms with van der Waals surface area (Å²) in [5.74, 6) is 0.0976. The number of anilines is 2. The number of halogens is 3. The first-order valence-electron chi connectivity index (χ1n) is 10.3. The standard InChI is InChI=1S/C25H17Cl3N2O4S2/c1-33-20-11-14(12-21-24(32)30(25(35)36-21)16-8-6-15(26)7-9-16)5-10-19(20)34-13-22(31)29-18-4-2-3-17(27)23(18)28/h2-12H,13H2,1H3,(H,29,31)/b21-12-. The van der Waals surface area contributed by atoms with Crippen LogP contribution in [-0.4, -0.2) is 29.9 Å². The Kier molecular flexibility index (Phi) is 8.43. The van der Waals surface area contributed by atoms with Gasteiger partial charge >= 0.3 is 0 Å². The van der Waals surface area contributed by atoms with Crippen molar-refractivity contribution in [3.8, 4) is 11.5 Å². The van der Waals surface area contributed by atoms with Crippen LogP contribution in [0, 0.1) is 0 Å². The van der Waals surface area contributed by atoms with Crippen molar-refractivity contribution in [2.45, 2.75) is 0 Å². The van der Waals surface area contributed by atoms with E-state index >= 15 is 0 Å². The smallest absolute Gasteiger partial charge is 0.270 e. The highest BCUT2D eigenvalue weighted by Gasteiger charge is 2.33. The molecule has 0 bridgehead atoms. The summed E-state index contributed by atoms with van der Waals surface area (Å²) in [6.07, 6.45) is 1.72. The van der Waals surface area contributed by atoms with Crippen molar-refractivity contribution in [3.63, 3.8) is 0 Å². The zero-order valence-corrected chi connectivity index (χ0v) is 22.5. The molecule has 3 aromatic carbocycles. The monoisotopic (exact) mass is 578 g/mol. The van der Waals surface area contributed by atoms with E-state index in [0.717, 1.165) is 0 Å². The number of rotatable bonds is 7. The number of nitrogens with one attached hydrogen (secondary N) is 1. The Morgan fingerprint density at radius 2 is 1.83 bits per heavy atom. The minimum absolute atomic E-state index is 0.233. The Morgan fingerprint density at radius 1 is 1.08 bits per heavy atom. The van der Waals surface area contributed by atoms with Crippen LogP contribution in [0.2, 0.25) is 15.1 Å². The van der Waals surface area contributed by atoms with E-state index in [0.29, 0.717) is 47.7 Å². The first-order chi connectivity index (χ1) is 17.3. The fourth-order valence-electron chi connectivity index (χ4n) is 3.25. The first kappa shape index (κ1) is 26.3. The third-order valence-electron chi connectivity index (χ3n) is 4.95. The fourth-order valence-corrected chi connectivity index (χ4v) is 5.03. The lowest BCUT2D eigenvalue weighted by atomic mass is 10.2. The van der Waals surface area contributed by atoms with E-state index in [2.05, 4.69) is 5.32 Å². The van der Waals surface area contributed by atoms with E-state index in [1.54, 1.807) is 66.7 Å². The lowest BCUT2D eigenvalue weighted by Crippen LogP contribution is -2.27. The van der Waals surface area contributed by atoms with Gasteiger partial charge < -0.3 is 14.8 Å². The topological polar surface area (TPSA) is 67.9 Å². The van der Waals surface area contributed by atoms with Gasteiger partial charge in [-0.05, 0) is 60.2 Å². The number of thioether (sulfide) groups is 1. The molecule has 3 aromatic rings. The number of ether oxygens (including phenoxy) is 2. The molecule has 4 rings (SSSR count). The lowest BCUT2D eigenvalue weighted by molar-refractivity contribution is -0.118. The van der Waals surface area contributed by atoms with Gasteiger partial charge in [0.15, 0.2) is 22.4 Å². The number of nitrogens with zero attached hydrogens (tertiary/aromatic N) is 1. The number of benzene rings is 3. The molecule has 0 radical (unpaired) electrons. The van der Waals surface area contributed by atoms with Gasteiger partial charge in [0, 0.05) is 5.02 Å². The molecule has 1 aliphatic rings. The Labute approximate surface area is 232 Å². The molecule has 2 amide bonds. The number of hydrogen-bond donors (Lipinski definition) is 1. The fraction of sp³-hybridized carbons (Fsp3) is 0.0800. The second kappa shape index (κ2) is 11.5. The Morgan fingerprint density at radius 3 is 2.56 bits per heavy atom. The van der Waals surface area contributed by atoms with E-state index in [4.69, 9.17) is 56.5 Å². The second-order valence-electron chi connectivity index (χ2n) is 7.34. The average molecular weight is 580 g/mol. The zero-order chi connectivity index (χ0) is 25.8. The molecule has 0 unspecified atom stereocenters. The van der Waals surface area contributed by atoms with Crippen molar-refractivity contribution in [2.75, 3.05) is 23.9 Å². The van der Waals surface area contributed by atoms with E-state index in [-0.39, 0.29) is 17.5 Å². The van der Waals surface area contributed by atoms with Crippen LogP contribution < -0.4 is 19.7 Å². The summed E-state index contributed by atoms with van der Waals surface area (Å²) in [6.45, 7) is -0.279. The van der Waals surface area contributed by atoms with E-state index in [9.17, 15) is 9.59 Å². The second-order valence-corrected chi connectivity index (χ2v) is 10.2. The Bertz CT molecular complexity index is 1380. The van der Waals surface area contributed by atoms with Crippen molar-refractivity contribution in [2.24, 2.45) is 0 Å². The van der Waals surface area contributed by atoms with Crippen LogP contribution in [-0.2, 0) is 9.59 Å². The van der Waals surface area contributed by atoms with Gasteiger partial charge in [0.2, 0.25) is 0 Å². The third kappa shape index (κ3) is 5.96. The van der Waals surface area contributed by atoms with Crippen LogP contribution in [0.25, 0.3) is 6.08 Å². The first-order valence-corrected chi connectivity index (χ1v) is 12.7. The van der Waals surface area contributed by atoms with Crippen molar-refractivity contribution in [3.05, 3.63) is 86.2 Å². The van der Waals surface area contributed by atoms with Crippen LogP contribution >= 0.6 is 58.8 Å². The number of methoxy groups -OCH3 is 1. The molecule has 1 heterocycles. The average Bonchev–Trinajstić information content (AvgIpc) is 3.14. The van der Waals surface area contributed by atoms with Crippen molar-refractivity contribution < 1.29 is 19.1 Å². The molecule has 0 saturated carbocycles. The highest BCUT2D eigenvalue weighted by molar-refractivity contribution is 8.27. The molecule has 1 saturated heterocycles. The summed E-state index contributed by atoms with van der Waals surface area (Å²) in [5, 5.41) is 3.80. The molecule has 1 fully saturated rings. The van der Waals surface area contributed by atoms with Gasteiger partial charge in [-0.15, -0.1) is 0 Å². The Balaban J connectivity index is 1.45. The van der Waals surface area contributed by atoms with Crippen LogP contribution in [0.1, 0.15) is 5.56 Å². The molecule has 0 atom stereocenters. The van der Waals surface area contributed by atoms with Gasteiger partial charge in [-0.3, -0.25) is 14.5 Å². The molecular weight excluding hydrogens is 563 g/mol. The number of thiocarbonyl (C=S) groups is 1. The molecule has 0 aromatic heterocycles. The molecule has 0 spiro atoms. The van der Waals surface area contributed by atoms with Gasteiger partial charge in [0.25, 0.3) is 11.8 Å². The largest absolute Gasteiger partial charge is 0.493 e. The molecular formula is C25H17Cl3N2O4S2. The summed E-state index contributed by atoms with van der Waals surface area (Å²) in [7, 11) is 1.48. The lowest BCUT2D eigenvalue weighted by Gasteiger charge is -2.14. The van der Waals surface area contributed by atoms with Crippen LogP contribution in [0.4, 0.5) is 11.4 Å². The van der Waals surface area contributed by atoms with Crippen LogP contribution in [0.3, 0.4) is 0 Å². The number of hydrogen-bond acceptors (Lipinski definition) is 6. The minimum Gasteiger partial charge on any atom is -0.493 e. The number of carbonyl (C=O) groups excluding carboxylic acids is 2. The van der Waals surface area contributed by atoms with Crippen molar-refractivity contribution in [1.29, 1.82) is 0 Å². The third-order valence-corrected chi connectivity index (χ3v) is 7.32. The number of amides is 2. The van der Waals surface area contributed by atoms with Gasteiger partial charge in [0.05, 0.1) is 33.4 Å². The zero-order valence-electron chi connectivity index (χ0n) is 18.6. The van der Waals surface area contributed by atoms with Crippen LogP contribution in [0.5, 0.6) is 11.5 Å². The molecule has 184 valence electrons. The summed E-state index contributed by atoms with van der Waals surface area (Å²) < 4.78 is 11.5. The van der Waals surface area contributed by atoms with Crippen molar-refractivity contribution >= 4 is 92.4 Å². The summed E-state index contributed by atoms with van der Waals surface area (Å²) in [6, 6.07) is 16.9. The predicted molar refractivity (Wildman–Crippen MR) is 151 cm³/mol. The summed E-state index contributed by atoms with van der Waals surface area (Å²) in [4.78, 5) is 27.2. The molecule has 1 aliphatic heterocycles. The minimum atomic E-state index is -0.420. The molecule has 0 aliphatic carbocycles. The predicted octanol–water partition coefficient (Wildman–Crippen LogP) is 7.08. The van der Waals surface area contributed by atoms with Gasteiger partial charge in [-0.2, -0.15) is 0 Å². The molecule has 11 heteroatoms. The maximum atomic E-state index is 13.0. The molecule has 1 N–H and O–H groups in total. The maximum Gasteiger partial charge on any atom is 0.270 e. The van der Waals surface area contributed by atoms with E-state index < -0.39 is 5.91 Å². The van der Waals surface area contributed by atoms with Gasteiger partial charge in [-0.1, -0.05) is 70.9 Å². The summed E-state index contributed by atoms with van der Waals surface area (Å²) in [5.41, 5.74) is 1.73. The van der Waals surface area contributed by atoms with E-state index in [1.807, 2.05) is 0 Å². The highest BCUT2D eigenvalue weighted by atomic mass is 35.5. The van der Waals surface area contributed by atoms with Crippen molar-refractivity contribution in [1.82, 2.24) is 0 Å².